The number of hydrogen-bond donors (Lipinski definition) is 1. The summed E-state index contributed by atoms with van der Waals surface area (Å²) >= 11 is 0. The Balaban J connectivity index is 2.54. The molecule has 4 nitrogen and oxygen atoms in total. The van der Waals surface area contributed by atoms with Gasteiger partial charge >= 0.3 is 0 Å². The minimum absolute atomic E-state index is 0.130. The molecule has 0 unspecified atom stereocenters. The maximum atomic E-state index is 11.4. The molecule has 0 radical (unpaired) electrons. The van der Waals surface area contributed by atoms with E-state index in [1.165, 1.54) is 38.2 Å². The van der Waals surface area contributed by atoms with Crippen LogP contribution >= 0.6 is 0 Å². The Bertz CT molecular complexity index is 538. The third-order valence-electron chi connectivity index (χ3n) is 3.65. The highest BCUT2D eigenvalue weighted by Crippen LogP contribution is 2.26. The summed E-state index contributed by atoms with van der Waals surface area (Å²) in [4.78, 5) is -0.130. The fourth-order valence-corrected chi connectivity index (χ4v) is 3.15. The Morgan fingerprint density at radius 2 is 1.64 bits per heavy atom. The predicted molar refractivity (Wildman–Crippen MR) is 89.1 cm³/mol. The van der Waals surface area contributed by atoms with Crippen LogP contribution in [0.15, 0.2) is 23.1 Å². The lowest BCUT2D eigenvalue weighted by atomic mass is 10.0. The van der Waals surface area contributed by atoms with Crippen LogP contribution in [0, 0.1) is 0 Å². The zero-order valence-corrected chi connectivity index (χ0v) is 14.5. The van der Waals surface area contributed by atoms with E-state index in [0.29, 0.717) is 6.61 Å². The molecule has 0 fully saturated rings. The van der Waals surface area contributed by atoms with Gasteiger partial charge in [0.25, 0.3) is 10.1 Å². The van der Waals surface area contributed by atoms with Gasteiger partial charge < -0.3 is 4.74 Å². The van der Waals surface area contributed by atoms with Crippen molar-refractivity contribution in [3.8, 4) is 5.75 Å². The zero-order chi connectivity index (χ0) is 16.4. The van der Waals surface area contributed by atoms with Gasteiger partial charge in [0.2, 0.25) is 0 Å². The minimum Gasteiger partial charge on any atom is -0.492 e. The molecule has 1 aromatic rings. The molecule has 5 heteroatoms. The first-order chi connectivity index (χ1) is 10.5. The second-order valence-electron chi connectivity index (χ2n) is 5.56. The fourth-order valence-electron chi connectivity index (χ4n) is 2.47. The lowest BCUT2D eigenvalue weighted by Gasteiger charge is -2.10. The Labute approximate surface area is 134 Å². The Hall–Kier alpha value is -1.07. The van der Waals surface area contributed by atoms with E-state index in [1.54, 1.807) is 13.0 Å². The molecule has 1 N–H and O–H groups in total. The number of aryl methyl sites for hydroxylation is 1. The van der Waals surface area contributed by atoms with Crippen LogP contribution in [0.1, 0.15) is 64.4 Å². The number of benzene rings is 1. The van der Waals surface area contributed by atoms with Crippen molar-refractivity contribution in [1.29, 1.82) is 0 Å². The Morgan fingerprint density at radius 3 is 2.23 bits per heavy atom. The maximum absolute atomic E-state index is 11.4. The molecule has 0 atom stereocenters. The minimum atomic E-state index is -4.25. The molecule has 0 amide bonds. The Morgan fingerprint density at radius 1 is 1.00 bits per heavy atom. The van der Waals surface area contributed by atoms with Gasteiger partial charge in [0.1, 0.15) is 10.6 Å². The highest BCUT2D eigenvalue weighted by molar-refractivity contribution is 7.86. The number of rotatable bonds is 11. The van der Waals surface area contributed by atoms with E-state index in [2.05, 4.69) is 6.92 Å². The molecule has 1 aromatic carbocycles. The molecular formula is C17H28O4S. The van der Waals surface area contributed by atoms with Crippen molar-refractivity contribution in [1.82, 2.24) is 0 Å². The molecular weight excluding hydrogens is 300 g/mol. The van der Waals surface area contributed by atoms with Crippen LogP contribution in [-0.4, -0.2) is 19.6 Å². The highest BCUT2D eigenvalue weighted by Gasteiger charge is 2.17. The summed E-state index contributed by atoms with van der Waals surface area (Å²) in [6, 6.07) is 5.03. The van der Waals surface area contributed by atoms with E-state index in [9.17, 15) is 13.0 Å². The third-order valence-corrected chi connectivity index (χ3v) is 4.53. The quantitative estimate of drug-likeness (QED) is 0.475. The monoisotopic (exact) mass is 328 g/mol. The van der Waals surface area contributed by atoms with Crippen molar-refractivity contribution in [3.05, 3.63) is 23.8 Å². The number of ether oxygens (including phenoxy) is 1. The van der Waals surface area contributed by atoms with Crippen molar-refractivity contribution in [3.63, 3.8) is 0 Å². The molecule has 0 saturated heterocycles. The van der Waals surface area contributed by atoms with Gasteiger partial charge in [-0.15, -0.1) is 0 Å². The lowest BCUT2D eigenvalue weighted by Crippen LogP contribution is -2.04. The fraction of sp³-hybridized carbons (Fsp3) is 0.647. The van der Waals surface area contributed by atoms with Crippen LogP contribution in [0.2, 0.25) is 0 Å². The van der Waals surface area contributed by atoms with Crippen LogP contribution in [0.4, 0.5) is 0 Å². The smallest absolute Gasteiger partial charge is 0.298 e. The van der Waals surface area contributed by atoms with Crippen molar-refractivity contribution in [2.45, 2.75) is 70.1 Å². The van der Waals surface area contributed by atoms with Gasteiger partial charge in [-0.25, -0.2) is 0 Å². The van der Waals surface area contributed by atoms with Crippen molar-refractivity contribution in [2.24, 2.45) is 0 Å². The summed E-state index contributed by atoms with van der Waals surface area (Å²) in [6.45, 7) is 4.35. The van der Waals surface area contributed by atoms with E-state index in [4.69, 9.17) is 4.74 Å². The molecule has 22 heavy (non-hydrogen) atoms. The van der Waals surface area contributed by atoms with E-state index >= 15 is 0 Å². The molecule has 0 aliphatic rings. The van der Waals surface area contributed by atoms with Gasteiger partial charge in [0.15, 0.2) is 0 Å². The molecule has 1 rings (SSSR count). The molecule has 0 aliphatic heterocycles. The molecule has 0 heterocycles. The molecule has 126 valence electrons. The average molecular weight is 328 g/mol. The third kappa shape index (κ3) is 6.79. The van der Waals surface area contributed by atoms with Crippen LogP contribution in [0.5, 0.6) is 5.75 Å². The van der Waals surface area contributed by atoms with Crippen LogP contribution in [-0.2, 0) is 16.5 Å². The van der Waals surface area contributed by atoms with Crippen molar-refractivity contribution >= 4 is 10.1 Å². The summed E-state index contributed by atoms with van der Waals surface area (Å²) in [5.74, 6) is 0.216. The summed E-state index contributed by atoms with van der Waals surface area (Å²) < 4.78 is 37.4. The first-order valence-corrected chi connectivity index (χ1v) is 9.66. The highest BCUT2D eigenvalue weighted by atomic mass is 32.2. The van der Waals surface area contributed by atoms with Crippen LogP contribution < -0.4 is 4.74 Å². The predicted octanol–water partition coefficient (Wildman–Crippen LogP) is 4.63. The number of unbranched alkanes of at least 4 members (excludes halogenated alkanes) is 6. The molecule has 0 spiro atoms. The number of hydrogen-bond acceptors (Lipinski definition) is 3. The van der Waals surface area contributed by atoms with Crippen LogP contribution in [0.25, 0.3) is 0 Å². The topological polar surface area (TPSA) is 63.6 Å². The first kappa shape index (κ1) is 19.0. The average Bonchev–Trinajstić information content (AvgIpc) is 2.47. The van der Waals surface area contributed by atoms with Gasteiger partial charge in [-0.05, 0) is 37.5 Å². The van der Waals surface area contributed by atoms with E-state index in [-0.39, 0.29) is 10.6 Å². The largest absolute Gasteiger partial charge is 0.492 e. The van der Waals surface area contributed by atoms with E-state index in [1.807, 2.05) is 6.07 Å². The van der Waals surface area contributed by atoms with Gasteiger partial charge in [-0.1, -0.05) is 51.5 Å². The Kier molecular flexibility index (Phi) is 8.49. The van der Waals surface area contributed by atoms with E-state index < -0.39 is 10.1 Å². The van der Waals surface area contributed by atoms with Gasteiger partial charge in [-0.2, -0.15) is 8.42 Å². The summed E-state index contributed by atoms with van der Waals surface area (Å²) in [5.41, 5.74) is 0.921. The SMILES string of the molecule is CCCCCCCCCc1ccc(OCC)c(S(=O)(=O)O)c1. The van der Waals surface area contributed by atoms with Crippen molar-refractivity contribution < 1.29 is 17.7 Å². The normalized spacial score (nSPS) is 11.6. The van der Waals surface area contributed by atoms with Crippen LogP contribution in [0.3, 0.4) is 0 Å². The zero-order valence-electron chi connectivity index (χ0n) is 13.7. The van der Waals surface area contributed by atoms with Gasteiger partial charge in [-0.3, -0.25) is 4.55 Å². The van der Waals surface area contributed by atoms with Gasteiger partial charge in [0.05, 0.1) is 6.61 Å². The molecule has 0 aliphatic carbocycles. The molecule has 0 aromatic heterocycles. The van der Waals surface area contributed by atoms with Gasteiger partial charge in [0, 0.05) is 0 Å². The lowest BCUT2D eigenvalue weighted by molar-refractivity contribution is 0.329. The maximum Gasteiger partial charge on any atom is 0.298 e. The first-order valence-electron chi connectivity index (χ1n) is 8.22. The van der Waals surface area contributed by atoms with Crippen molar-refractivity contribution in [2.75, 3.05) is 6.61 Å². The molecule has 0 bridgehead atoms. The summed E-state index contributed by atoms with van der Waals surface area (Å²) in [5, 5.41) is 0. The summed E-state index contributed by atoms with van der Waals surface area (Å²) in [7, 11) is -4.25. The second-order valence-corrected chi connectivity index (χ2v) is 6.95. The standard InChI is InChI=1S/C17H28O4S/c1-3-5-6-7-8-9-10-11-15-12-13-16(21-4-2)17(14-15)22(18,19)20/h12-14H,3-11H2,1-2H3,(H,18,19,20). The molecule has 0 saturated carbocycles. The second kappa shape index (κ2) is 9.85. The van der Waals surface area contributed by atoms with E-state index in [0.717, 1.165) is 24.8 Å². The summed E-state index contributed by atoms with van der Waals surface area (Å²) in [6.07, 6.45) is 9.36.